The smallest absolute Gasteiger partial charge is 0.123 e. The van der Waals surface area contributed by atoms with E-state index in [0.29, 0.717) is 0 Å². The molecule has 4 heteroatoms. The molecule has 1 aliphatic heterocycles. The van der Waals surface area contributed by atoms with Gasteiger partial charge in [0.1, 0.15) is 5.82 Å². The van der Waals surface area contributed by atoms with Crippen molar-refractivity contribution >= 4 is 10.9 Å². The van der Waals surface area contributed by atoms with Crippen LogP contribution in [0.25, 0.3) is 10.9 Å². The highest BCUT2D eigenvalue weighted by Gasteiger charge is 2.12. The molecule has 2 heterocycles. The summed E-state index contributed by atoms with van der Waals surface area (Å²) < 4.78 is 13.4. The third kappa shape index (κ3) is 2.86. The first-order chi connectivity index (χ1) is 9.74. The van der Waals surface area contributed by atoms with E-state index in [2.05, 4.69) is 22.1 Å². The second kappa shape index (κ2) is 5.94. The standard InChI is InChI=1S/C16H22FN3/c1-12-14(5-9-20-8-2-6-18-7-10-20)15-11-13(17)3-4-16(15)19-12/h3-4,11,18-19H,2,5-10H2,1H3. The van der Waals surface area contributed by atoms with Crippen LogP contribution in [0.4, 0.5) is 4.39 Å². The van der Waals surface area contributed by atoms with Gasteiger partial charge in [-0.1, -0.05) is 0 Å². The number of aromatic amines is 1. The molecule has 0 aliphatic carbocycles. The summed E-state index contributed by atoms with van der Waals surface area (Å²) in [5, 5.41) is 4.46. The summed E-state index contributed by atoms with van der Waals surface area (Å²) in [6.45, 7) is 7.58. The third-order valence-corrected chi connectivity index (χ3v) is 4.19. The van der Waals surface area contributed by atoms with Crippen LogP contribution in [0.2, 0.25) is 0 Å². The first-order valence-electron chi connectivity index (χ1n) is 7.44. The Kier molecular flexibility index (Phi) is 4.03. The molecule has 0 unspecified atom stereocenters. The Morgan fingerprint density at radius 3 is 3.05 bits per heavy atom. The van der Waals surface area contributed by atoms with Gasteiger partial charge in [-0.25, -0.2) is 4.39 Å². The van der Waals surface area contributed by atoms with E-state index in [1.165, 1.54) is 23.7 Å². The lowest BCUT2D eigenvalue weighted by atomic mass is 10.1. The number of nitrogens with zero attached hydrogens (tertiary/aromatic N) is 1. The average Bonchev–Trinajstić information content (AvgIpc) is 2.63. The second-order valence-corrected chi connectivity index (χ2v) is 5.61. The van der Waals surface area contributed by atoms with Gasteiger partial charge in [-0.2, -0.15) is 0 Å². The van der Waals surface area contributed by atoms with Crippen molar-refractivity contribution in [1.82, 2.24) is 15.2 Å². The maximum absolute atomic E-state index is 13.4. The highest BCUT2D eigenvalue weighted by atomic mass is 19.1. The normalized spacial score (nSPS) is 17.5. The number of halogens is 1. The number of hydrogen-bond donors (Lipinski definition) is 2. The van der Waals surface area contributed by atoms with E-state index in [1.807, 2.05) is 6.07 Å². The molecule has 2 aromatic rings. The summed E-state index contributed by atoms with van der Waals surface area (Å²) in [5.41, 5.74) is 3.46. The Morgan fingerprint density at radius 1 is 1.25 bits per heavy atom. The molecule has 1 aliphatic rings. The molecular formula is C16H22FN3. The van der Waals surface area contributed by atoms with Gasteiger partial charge in [-0.15, -0.1) is 0 Å². The van der Waals surface area contributed by atoms with E-state index in [0.717, 1.165) is 50.0 Å². The van der Waals surface area contributed by atoms with E-state index in [4.69, 9.17) is 0 Å². The van der Waals surface area contributed by atoms with Gasteiger partial charge in [0.15, 0.2) is 0 Å². The van der Waals surface area contributed by atoms with Gasteiger partial charge in [0.05, 0.1) is 0 Å². The summed E-state index contributed by atoms with van der Waals surface area (Å²) >= 11 is 0. The third-order valence-electron chi connectivity index (χ3n) is 4.19. The van der Waals surface area contributed by atoms with Gasteiger partial charge in [0.2, 0.25) is 0 Å². The molecule has 0 radical (unpaired) electrons. The predicted octanol–water partition coefficient (Wildman–Crippen LogP) is 2.45. The number of aromatic nitrogens is 1. The number of fused-ring (bicyclic) bond motifs is 1. The molecular weight excluding hydrogens is 253 g/mol. The van der Waals surface area contributed by atoms with E-state index in [1.54, 1.807) is 6.07 Å². The summed E-state index contributed by atoms with van der Waals surface area (Å²) in [7, 11) is 0. The molecule has 2 N–H and O–H groups in total. The van der Waals surface area contributed by atoms with Crippen molar-refractivity contribution in [2.75, 3.05) is 32.7 Å². The minimum atomic E-state index is -0.156. The lowest BCUT2D eigenvalue weighted by Crippen LogP contribution is -2.30. The Balaban J connectivity index is 1.76. The van der Waals surface area contributed by atoms with Crippen LogP contribution in [0.1, 0.15) is 17.7 Å². The Morgan fingerprint density at radius 2 is 2.15 bits per heavy atom. The van der Waals surface area contributed by atoms with E-state index >= 15 is 0 Å². The molecule has 3 nitrogen and oxygen atoms in total. The number of benzene rings is 1. The highest BCUT2D eigenvalue weighted by molar-refractivity contribution is 5.84. The van der Waals surface area contributed by atoms with Gasteiger partial charge in [-0.05, 0) is 56.6 Å². The molecule has 20 heavy (non-hydrogen) atoms. The lowest BCUT2D eigenvalue weighted by molar-refractivity contribution is 0.296. The van der Waals surface area contributed by atoms with Crippen LogP contribution in [0.15, 0.2) is 18.2 Å². The monoisotopic (exact) mass is 275 g/mol. The van der Waals surface area contributed by atoms with Crippen molar-refractivity contribution in [3.05, 3.63) is 35.3 Å². The second-order valence-electron chi connectivity index (χ2n) is 5.61. The van der Waals surface area contributed by atoms with Crippen LogP contribution >= 0.6 is 0 Å². The molecule has 0 atom stereocenters. The number of hydrogen-bond acceptors (Lipinski definition) is 2. The summed E-state index contributed by atoms with van der Waals surface area (Å²) in [5.74, 6) is -0.156. The van der Waals surface area contributed by atoms with Crippen molar-refractivity contribution in [1.29, 1.82) is 0 Å². The molecule has 3 rings (SSSR count). The van der Waals surface area contributed by atoms with Crippen LogP contribution in [0.3, 0.4) is 0 Å². The highest BCUT2D eigenvalue weighted by Crippen LogP contribution is 2.23. The van der Waals surface area contributed by atoms with Crippen LogP contribution in [0, 0.1) is 12.7 Å². The van der Waals surface area contributed by atoms with Crippen LogP contribution in [-0.2, 0) is 6.42 Å². The maximum Gasteiger partial charge on any atom is 0.123 e. The molecule has 1 fully saturated rings. The van der Waals surface area contributed by atoms with Crippen molar-refractivity contribution in [2.45, 2.75) is 19.8 Å². The number of H-pyrrole nitrogens is 1. The first-order valence-corrected chi connectivity index (χ1v) is 7.44. The van der Waals surface area contributed by atoms with E-state index in [-0.39, 0.29) is 5.82 Å². The zero-order valence-corrected chi connectivity index (χ0v) is 12.0. The molecule has 1 aromatic heterocycles. The fourth-order valence-corrected chi connectivity index (χ4v) is 3.07. The van der Waals surface area contributed by atoms with Gasteiger partial charge >= 0.3 is 0 Å². The van der Waals surface area contributed by atoms with Crippen molar-refractivity contribution in [2.24, 2.45) is 0 Å². The number of aryl methyl sites for hydroxylation is 1. The largest absolute Gasteiger partial charge is 0.358 e. The Bertz CT molecular complexity index is 583. The molecule has 108 valence electrons. The summed E-state index contributed by atoms with van der Waals surface area (Å²) in [4.78, 5) is 5.85. The Labute approximate surface area is 119 Å². The zero-order chi connectivity index (χ0) is 13.9. The maximum atomic E-state index is 13.4. The molecule has 1 aromatic carbocycles. The van der Waals surface area contributed by atoms with Crippen LogP contribution in [0.5, 0.6) is 0 Å². The number of rotatable bonds is 3. The predicted molar refractivity (Wildman–Crippen MR) is 80.6 cm³/mol. The van der Waals surface area contributed by atoms with Gasteiger partial charge in [-0.3, -0.25) is 0 Å². The lowest BCUT2D eigenvalue weighted by Gasteiger charge is -2.19. The molecule has 1 saturated heterocycles. The SMILES string of the molecule is Cc1[nH]c2ccc(F)cc2c1CCN1CCCNCC1. The first kappa shape index (κ1) is 13.6. The van der Waals surface area contributed by atoms with Crippen LogP contribution in [-0.4, -0.2) is 42.6 Å². The topological polar surface area (TPSA) is 31.1 Å². The van der Waals surface area contributed by atoms with E-state index in [9.17, 15) is 4.39 Å². The molecule has 0 spiro atoms. The van der Waals surface area contributed by atoms with Crippen molar-refractivity contribution in [3.8, 4) is 0 Å². The minimum absolute atomic E-state index is 0.156. The minimum Gasteiger partial charge on any atom is -0.358 e. The Hall–Kier alpha value is -1.39. The summed E-state index contributed by atoms with van der Waals surface area (Å²) in [6, 6.07) is 5.00. The average molecular weight is 275 g/mol. The zero-order valence-electron chi connectivity index (χ0n) is 12.0. The van der Waals surface area contributed by atoms with E-state index < -0.39 is 0 Å². The fraction of sp³-hybridized carbons (Fsp3) is 0.500. The quantitative estimate of drug-likeness (QED) is 0.901. The molecule has 0 amide bonds. The van der Waals surface area contributed by atoms with Crippen molar-refractivity contribution in [3.63, 3.8) is 0 Å². The number of nitrogens with one attached hydrogen (secondary N) is 2. The fourth-order valence-electron chi connectivity index (χ4n) is 3.07. The van der Waals surface area contributed by atoms with Gasteiger partial charge < -0.3 is 15.2 Å². The summed E-state index contributed by atoms with van der Waals surface area (Å²) in [6.07, 6.45) is 2.19. The molecule has 0 bridgehead atoms. The van der Waals surface area contributed by atoms with Crippen LogP contribution < -0.4 is 5.32 Å². The van der Waals surface area contributed by atoms with Gasteiger partial charge in [0, 0.05) is 36.2 Å². The molecule has 0 saturated carbocycles. The van der Waals surface area contributed by atoms with Crippen molar-refractivity contribution < 1.29 is 4.39 Å². The van der Waals surface area contributed by atoms with Gasteiger partial charge in [0.25, 0.3) is 0 Å².